The molecule has 7 heteroatoms. The molecule has 20 heavy (non-hydrogen) atoms. The van der Waals surface area contributed by atoms with Crippen molar-refractivity contribution in [3.8, 4) is 0 Å². The Kier molecular flexibility index (Phi) is 4.27. The molecule has 6 nitrogen and oxygen atoms in total. The average Bonchev–Trinajstić information content (AvgIpc) is 2.85. The fourth-order valence-electron chi connectivity index (χ4n) is 2.33. The van der Waals surface area contributed by atoms with E-state index in [9.17, 15) is 9.59 Å². The standard InChI is InChI=1S/C13H20N4O2S/c1-8(12-9(2)20-10(3)15-12)14-11(18)7-17-6-5-16(4)13(17)19/h8H,5-7H2,1-4H3,(H,14,18)/t8-/m0/s1. The van der Waals surface area contributed by atoms with Crippen LogP contribution in [0.1, 0.15) is 28.5 Å². The maximum absolute atomic E-state index is 12.0. The number of nitrogens with zero attached hydrogens (tertiary/aromatic N) is 3. The van der Waals surface area contributed by atoms with E-state index >= 15 is 0 Å². The largest absolute Gasteiger partial charge is 0.346 e. The smallest absolute Gasteiger partial charge is 0.320 e. The first kappa shape index (κ1) is 14.8. The number of carbonyl (C=O) groups is 2. The summed E-state index contributed by atoms with van der Waals surface area (Å²) < 4.78 is 0. The summed E-state index contributed by atoms with van der Waals surface area (Å²) in [4.78, 5) is 32.4. The number of likely N-dealkylation sites (N-methyl/N-ethyl adjacent to an activating group) is 1. The fourth-order valence-corrected chi connectivity index (χ4v) is 3.24. The zero-order valence-corrected chi connectivity index (χ0v) is 13.1. The van der Waals surface area contributed by atoms with Crippen molar-refractivity contribution in [2.45, 2.75) is 26.8 Å². The Bertz CT molecular complexity index is 528. The summed E-state index contributed by atoms with van der Waals surface area (Å²) in [7, 11) is 1.74. The van der Waals surface area contributed by atoms with Crippen LogP contribution in [-0.4, -0.2) is 53.4 Å². The molecule has 0 radical (unpaired) electrons. The third-order valence-electron chi connectivity index (χ3n) is 3.36. The molecule has 3 amide bonds. The molecule has 0 bridgehead atoms. The average molecular weight is 296 g/mol. The number of amides is 3. The maximum atomic E-state index is 12.0. The van der Waals surface area contributed by atoms with Crippen LogP contribution in [-0.2, 0) is 4.79 Å². The van der Waals surface area contributed by atoms with Crippen LogP contribution >= 0.6 is 11.3 Å². The van der Waals surface area contributed by atoms with Gasteiger partial charge >= 0.3 is 6.03 Å². The number of carbonyl (C=O) groups excluding carboxylic acids is 2. The van der Waals surface area contributed by atoms with Gasteiger partial charge in [-0.3, -0.25) is 4.79 Å². The lowest BCUT2D eigenvalue weighted by Crippen LogP contribution is -2.40. The molecule has 1 N–H and O–H groups in total. The molecule has 0 aromatic carbocycles. The van der Waals surface area contributed by atoms with E-state index in [4.69, 9.17) is 0 Å². The van der Waals surface area contributed by atoms with E-state index in [0.717, 1.165) is 15.6 Å². The Morgan fingerprint density at radius 2 is 2.15 bits per heavy atom. The van der Waals surface area contributed by atoms with Crippen LogP contribution < -0.4 is 5.32 Å². The van der Waals surface area contributed by atoms with Crippen LogP contribution in [0.4, 0.5) is 4.79 Å². The number of hydrogen-bond acceptors (Lipinski definition) is 4. The van der Waals surface area contributed by atoms with E-state index in [1.165, 1.54) is 0 Å². The highest BCUT2D eigenvalue weighted by molar-refractivity contribution is 7.11. The number of hydrogen-bond donors (Lipinski definition) is 1. The van der Waals surface area contributed by atoms with Crippen LogP contribution in [0.2, 0.25) is 0 Å². The first-order valence-corrected chi connectivity index (χ1v) is 7.43. The summed E-state index contributed by atoms with van der Waals surface area (Å²) in [6.45, 7) is 7.25. The molecule has 110 valence electrons. The summed E-state index contributed by atoms with van der Waals surface area (Å²) in [6, 6.07) is -0.226. The minimum Gasteiger partial charge on any atom is -0.346 e. The van der Waals surface area contributed by atoms with Crippen molar-refractivity contribution in [3.63, 3.8) is 0 Å². The Hall–Kier alpha value is -1.63. The first-order valence-electron chi connectivity index (χ1n) is 6.62. The molecule has 1 saturated heterocycles. The molecule has 0 spiro atoms. The third kappa shape index (κ3) is 3.09. The summed E-state index contributed by atoms with van der Waals surface area (Å²) in [5.41, 5.74) is 0.908. The SMILES string of the molecule is Cc1nc([C@H](C)NC(=O)CN2CCN(C)C2=O)c(C)s1. The van der Waals surface area contributed by atoms with Crippen LogP contribution in [0.25, 0.3) is 0 Å². The van der Waals surface area contributed by atoms with Gasteiger partial charge in [0.25, 0.3) is 0 Å². The number of nitrogens with one attached hydrogen (secondary N) is 1. The second kappa shape index (κ2) is 5.78. The number of urea groups is 1. The Labute approximate surface area is 122 Å². The molecule has 0 unspecified atom stereocenters. The lowest BCUT2D eigenvalue weighted by Gasteiger charge is -2.18. The minimum atomic E-state index is -0.147. The lowest BCUT2D eigenvalue weighted by molar-refractivity contribution is -0.122. The zero-order chi connectivity index (χ0) is 14.9. The van der Waals surface area contributed by atoms with E-state index in [1.54, 1.807) is 28.2 Å². The molecule has 1 aromatic rings. The van der Waals surface area contributed by atoms with Crippen molar-refractivity contribution in [1.82, 2.24) is 20.1 Å². The van der Waals surface area contributed by atoms with Gasteiger partial charge in [0.15, 0.2) is 0 Å². The van der Waals surface area contributed by atoms with E-state index in [1.807, 2.05) is 20.8 Å². The molecular formula is C13H20N4O2S. The van der Waals surface area contributed by atoms with Crippen LogP contribution in [0.3, 0.4) is 0 Å². The van der Waals surface area contributed by atoms with Gasteiger partial charge in [-0.1, -0.05) is 0 Å². The van der Waals surface area contributed by atoms with Crippen LogP contribution in [0, 0.1) is 13.8 Å². The van der Waals surface area contributed by atoms with Gasteiger partial charge in [0.2, 0.25) is 5.91 Å². The molecule has 1 aliphatic heterocycles. The van der Waals surface area contributed by atoms with Crippen molar-refractivity contribution < 1.29 is 9.59 Å². The van der Waals surface area contributed by atoms with Crippen molar-refractivity contribution in [1.29, 1.82) is 0 Å². The normalized spacial score (nSPS) is 16.7. The van der Waals surface area contributed by atoms with Crippen molar-refractivity contribution >= 4 is 23.3 Å². The quantitative estimate of drug-likeness (QED) is 0.911. The summed E-state index contributed by atoms with van der Waals surface area (Å²) >= 11 is 1.62. The Balaban J connectivity index is 1.91. The Morgan fingerprint density at radius 1 is 1.45 bits per heavy atom. The second-order valence-electron chi connectivity index (χ2n) is 5.09. The van der Waals surface area contributed by atoms with Gasteiger partial charge in [-0.2, -0.15) is 0 Å². The highest BCUT2D eigenvalue weighted by Gasteiger charge is 2.27. The lowest BCUT2D eigenvalue weighted by atomic mass is 10.2. The maximum Gasteiger partial charge on any atom is 0.320 e. The van der Waals surface area contributed by atoms with Crippen LogP contribution in [0.15, 0.2) is 0 Å². The summed E-state index contributed by atoms with van der Waals surface area (Å²) in [5.74, 6) is -0.147. The van der Waals surface area contributed by atoms with Crippen molar-refractivity contribution in [3.05, 3.63) is 15.6 Å². The molecule has 1 aromatic heterocycles. The van der Waals surface area contributed by atoms with E-state index in [-0.39, 0.29) is 24.5 Å². The third-order valence-corrected chi connectivity index (χ3v) is 4.27. The Morgan fingerprint density at radius 3 is 2.65 bits per heavy atom. The molecule has 0 aliphatic carbocycles. The summed E-state index contributed by atoms with van der Waals surface area (Å²) in [5, 5.41) is 3.90. The predicted molar refractivity (Wildman–Crippen MR) is 77.7 cm³/mol. The van der Waals surface area contributed by atoms with Crippen molar-refractivity contribution in [2.24, 2.45) is 0 Å². The zero-order valence-electron chi connectivity index (χ0n) is 12.3. The van der Waals surface area contributed by atoms with E-state index in [2.05, 4.69) is 10.3 Å². The molecule has 1 aliphatic rings. The van der Waals surface area contributed by atoms with Gasteiger partial charge in [0.05, 0.1) is 16.7 Å². The molecule has 2 heterocycles. The predicted octanol–water partition coefficient (Wildman–Crippen LogP) is 1.30. The summed E-state index contributed by atoms with van der Waals surface area (Å²) in [6.07, 6.45) is 0. The van der Waals surface area contributed by atoms with Gasteiger partial charge < -0.3 is 15.1 Å². The van der Waals surface area contributed by atoms with Crippen molar-refractivity contribution in [2.75, 3.05) is 26.7 Å². The molecular weight excluding hydrogens is 276 g/mol. The highest BCUT2D eigenvalue weighted by atomic mass is 32.1. The number of rotatable bonds is 4. The highest BCUT2D eigenvalue weighted by Crippen LogP contribution is 2.22. The fraction of sp³-hybridized carbons (Fsp3) is 0.615. The van der Waals surface area contributed by atoms with E-state index < -0.39 is 0 Å². The monoisotopic (exact) mass is 296 g/mol. The minimum absolute atomic E-state index is 0.0894. The van der Waals surface area contributed by atoms with Gasteiger partial charge in [-0.25, -0.2) is 9.78 Å². The van der Waals surface area contributed by atoms with Gasteiger partial charge in [0, 0.05) is 25.0 Å². The molecule has 1 atom stereocenters. The van der Waals surface area contributed by atoms with Gasteiger partial charge in [-0.05, 0) is 20.8 Å². The first-order chi connectivity index (χ1) is 9.38. The van der Waals surface area contributed by atoms with Crippen LogP contribution in [0.5, 0.6) is 0 Å². The molecule has 2 rings (SSSR count). The molecule has 0 saturated carbocycles. The second-order valence-corrected chi connectivity index (χ2v) is 6.50. The number of aryl methyl sites for hydroxylation is 2. The van der Waals surface area contributed by atoms with Gasteiger partial charge in [-0.15, -0.1) is 11.3 Å². The number of aromatic nitrogens is 1. The van der Waals surface area contributed by atoms with Gasteiger partial charge in [0.1, 0.15) is 6.54 Å². The molecule has 1 fully saturated rings. The number of thiazole rings is 1. The van der Waals surface area contributed by atoms with E-state index in [0.29, 0.717) is 13.1 Å². The topological polar surface area (TPSA) is 65.5 Å².